The van der Waals surface area contributed by atoms with Gasteiger partial charge in [-0.15, -0.1) is 0 Å². The van der Waals surface area contributed by atoms with Gasteiger partial charge in [-0.2, -0.15) is 5.26 Å². The summed E-state index contributed by atoms with van der Waals surface area (Å²) in [7, 11) is 0. The third kappa shape index (κ3) is 4.89. The van der Waals surface area contributed by atoms with Crippen LogP contribution in [0.25, 0.3) is 0 Å². The Morgan fingerprint density at radius 1 is 1.06 bits per heavy atom. The SMILES string of the molecule is CC1=C(C(=O)OCc2ccccc2)C(c2ccc(F)cc2)CC(=O)N1Cc1ccccc1C#N. The van der Waals surface area contributed by atoms with Crippen molar-refractivity contribution < 1.29 is 18.7 Å². The molecule has 5 nitrogen and oxygen atoms in total. The molecule has 0 saturated heterocycles. The minimum atomic E-state index is -0.557. The molecule has 3 aromatic rings. The number of nitrogens with zero attached hydrogens (tertiary/aromatic N) is 2. The number of halogens is 1. The molecule has 0 spiro atoms. The van der Waals surface area contributed by atoms with Crippen LogP contribution in [0, 0.1) is 17.1 Å². The van der Waals surface area contributed by atoms with E-state index in [0.29, 0.717) is 28.0 Å². The lowest BCUT2D eigenvalue weighted by Crippen LogP contribution is -2.38. The molecular weight excluding hydrogens is 431 g/mol. The summed E-state index contributed by atoms with van der Waals surface area (Å²) in [5.74, 6) is -1.66. The van der Waals surface area contributed by atoms with E-state index in [2.05, 4.69) is 6.07 Å². The number of carbonyl (C=O) groups is 2. The number of carbonyl (C=O) groups excluding carboxylic acids is 2. The van der Waals surface area contributed by atoms with E-state index in [1.165, 1.54) is 17.0 Å². The van der Waals surface area contributed by atoms with Crippen LogP contribution in [0.4, 0.5) is 4.39 Å². The van der Waals surface area contributed by atoms with E-state index in [4.69, 9.17) is 4.74 Å². The number of amides is 1. The standard InChI is InChI=1S/C28H23FN2O3/c1-19-27(28(33)34-18-20-7-3-2-4-8-20)25(21-11-13-24(29)14-12-21)15-26(32)31(19)17-23-10-6-5-9-22(23)16-30/h2-14,25H,15,17-18H2,1H3. The van der Waals surface area contributed by atoms with Crippen LogP contribution >= 0.6 is 0 Å². The third-order valence-corrected chi connectivity index (χ3v) is 5.99. The molecule has 0 aliphatic carbocycles. The van der Waals surface area contributed by atoms with Gasteiger partial charge in [0.15, 0.2) is 0 Å². The molecule has 0 aromatic heterocycles. The molecule has 1 aliphatic heterocycles. The van der Waals surface area contributed by atoms with E-state index in [-0.39, 0.29) is 25.5 Å². The average molecular weight is 455 g/mol. The molecule has 1 atom stereocenters. The van der Waals surface area contributed by atoms with Crippen molar-refractivity contribution in [2.24, 2.45) is 0 Å². The summed E-state index contributed by atoms with van der Waals surface area (Å²) in [6, 6.07) is 24.3. The predicted octanol–water partition coefficient (Wildman–Crippen LogP) is 5.23. The van der Waals surface area contributed by atoms with E-state index in [1.807, 2.05) is 30.3 Å². The van der Waals surface area contributed by atoms with Crippen LogP contribution < -0.4 is 0 Å². The highest BCUT2D eigenvalue weighted by Gasteiger charge is 2.37. The number of hydrogen-bond donors (Lipinski definition) is 0. The first-order chi connectivity index (χ1) is 16.5. The fraction of sp³-hybridized carbons (Fsp3) is 0.179. The topological polar surface area (TPSA) is 70.4 Å². The molecule has 1 unspecified atom stereocenters. The first-order valence-corrected chi connectivity index (χ1v) is 10.9. The molecule has 170 valence electrons. The molecule has 1 amide bonds. The van der Waals surface area contributed by atoms with Crippen LogP contribution in [-0.4, -0.2) is 16.8 Å². The summed E-state index contributed by atoms with van der Waals surface area (Å²) >= 11 is 0. The molecule has 3 aromatic carbocycles. The van der Waals surface area contributed by atoms with Gasteiger partial charge in [0.05, 0.1) is 23.8 Å². The van der Waals surface area contributed by atoms with Gasteiger partial charge in [-0.3, -0.25) is 4.79 Å². The summed E-state index contributed by atoms with van der Waals surface area (Å²) < 4.78 is 19.2. The highest BCUT2D eigenvalue weighted by molar-refractivity contribution is 5.95. The Kier molecular flexibility index (Phi) is 6.84. The van der Waals surface area contributed by atoms with Crippen molar-refractivity contribution in [1.29, 1.82) is 5.26 Å². The van der Waals surface area contributed by atoms with Crippen molar-refractivity contribution in [3.05, 3.63) is 118 Å². The summed E-state index contributed by atoms with van der Waals surface area (Å²) in [6.07, 6.45) is 0.0352. The van der Waals surface area contributed by atoms with Crippen molar-refractivity contribution in [3.63, 3.8) is 0 Å². The second-order valence-electron chi connectivity index (χ2n) is 8.12. The van der Waals surface area contributed by atoms with Gasteiger partial charge in [-0.05, 0) is 41.8 Å². The maximum atomic E-state index is 13.5. The molecule has 1 aliphatic rings. The van der Waals surface area contributed by atoms with Gasteiger partial charge in [0, 0.05) is 18.0 Å². The van der Waals surface area contributed by atoms with Crippen molar-refractivity contribution >= 4 is 11.9 Å². The number of hydrogen-bond acceptors (Lipinski definition) is 4. The molecule has 6 heteroatoms. The monoisotopic (exact) mass is 454 g/mol. The number of benzene rings is 3. The van der Waals surface area contributed by atoms with Crippen LogP contribution in [-0.2, 0) is 27.5 Å². The van der Waals surface area contributed by atoms with E-state index >= 15 is 0 Å². The number of ether oxygens (including phenoxy) is 1. The third-order valence-electron chi connectivity index (χ3n) is 5.99. The normalized spacial score (nSPS) is 15.7. The van der Waals surface area contributed by atoms with Gasteiger partial charge < -0.3 is 9.64 Å². The second-order valence-corrected chi connectivity index (χ2v) is 8.12. The lowest BCUT2D eigenvalue weighted by molar-refractivity contribution is -0.141. The number of allylic oxidation sites excluding steroid dienone is 1. The van der Waals surface area contributed by atoms with Crippen molar-refractivity contribution in [1.82, 2.24) is 4.90 Å². The molecule has 0 bridgehead atoms. The minimum absolute atomic E-state index is 0.0352. The lowest BCUT2D eigenvalue weighted by atomic mass is 9.83. The van der Waals surface area contributed by atoms with Crippen LogP contribution in [0.5, 0.6) is 0 Å². The Hall–Kier alpha value is -4.24. The zero-order chi connectivity index (χ0) is 24.1. The molecule has 0 saturated carbocycles. The maximum absolute atomic E-state index is 13.5. The van der Waals surface area contributed by atoms with Crippen LogP contribution in [0.2, 0.25) is 0 Å². The van der Waals surface area contributed by atoms with Gasteiger partial charge in [0.1, 0.15) is 12.4 Å². The van der Waals surface area contributed by atoms with Crippen LogP contribution in [0.15, 0.2) is 90.1 Å². The minimum Gasteiger partial charge on any atom is -0.457 e. The van der Waals surface area contributed by atoms with Gasteiger partial charge in [-0.1, -0.05) is 60.7 Å². The van der Waals surface area contributed by atoms with Crippen LogP contribution in [0.3, 0.4) is 0 Å². The van der Waals surface area contributed by atoms with Crippen molar-refractivity contribution in [3.8, 4) is 6.07 Å². The Morgan fingerprint density at radius 3 is 2.44 bits per heavy atom. The lowest BCUT2D eigenvalue weighted by Gasteiger charge is -2.34. The fourth-order valence-corrected chi connectivity index (χ4v) is 4.19. The molecule has 0 radical (unpaired) electrons. The van der Waals surface area contributed by atoms with Crippen molar-refractivity contribution in [2.75, 3.05) is 0 Å². The predicted molar refractivity (Wildman–Crippen MR) is 124 cm³/mol. The highest BCUT2D eigenvalue weighted by Crippen LogP contribution is 2.38. The first-order valence-electron chi connectivity index (χ1n) is 10.9. The number of rotatable bonds is 6. The Morgan fingerprint density at radius 2 is 1.74 bits per heavy atom. The largest absolute Gasteiger partial charge is 0.457 e. The zero-order valence-electron chi connectivity index (χ0n) is 18.7. The molecule has 34 heavy (non-hydrogen) atoms. The van der Waals surface area contributed by atoms with E-state index in [0.717, 1.165) is 5.56 Å². The van der Waals surface area contributed by atoms with Gasteiger partial charge in [0.2, 0.25) is 5.91 Å². The molecule has 0 fully saturated rings. The fourth-order valence-electron chi connectivity index (χ4n) is 4.19. The summed E-state index contributed by atoms with van der Waals surface area (Å²) in [5, 5.41) is 9.44. The summed E-state index contributed by atoms with van der Waals surface area (Å²) in [4.78, 5) is 28.0. The highest BCUT2D eigenvalue weighted by atomic mass is 19.1. The van der Waals surface area contributed by atoms with E-state index < -0.39 is 17.7 Å². The van der Waals surface area contributed by atoms with Gasteiger partial charge in [-0.25, -0.2) is 9.18 Å². The quantitative estimate of drug-likeness (QED) is 0.478. The van der Waals surface area contributed by atoms with Gasteiger partial charge >= 0.3 is 5.97 Å². The molecule has 1 heterocycles. The average Bonchev–Trinajstić information content (AvgIpc) is 2.86. The Balaban J connectivity index is 1.70. The molecule has 4 rings (SSSR count). The van der Waals surface area contributed by atoms with E-state index in [1.54, 1.807) is 43.3 Å². The van der Waals surface area contributed by atoms with Crippen molar-refractivity contribution in [2.45, 2.75) is 32.4 Å². The second kappa shape index (κ2) is 10.1. The van der Waals surface area contributed by atoms with E-state index in [9.17, 15) is 19.2 Å². The summed E-state index contributed by atoms with van der Waals surface area (Å²) in [5.41, 5.74) is 3.50. The molecule has 0 N–H and O–H groups in total. The zero-order valence-corrected chi connectivity index (χ0v) is 18.7. The van der Waals surface area contributed by atoms with Crippen LogP contribution in [0.1, 0.15) is 41.5 Å². The molecular formula is C28H23FN2O3. The Bertz CT molecular complexity index is 1280. The maximum Gasteiger partial charge on any atom is 0.336 e. The number of nitriles is 1. The van der Waals surface area contributed by atoms with Gasteiger partial charge in [0.25, 0.3) is 0 Å². The Labute approximate surface area is 197 Å². The smallest absolute Gasteiger partial charge is 0.336 e. The summed E-state index contributed by atoms with van der Waals surface area (Å²) in [6.45, 7) is 1.97. The first kappa shape index (κ1) is 22.9. The number of esters is 1.